The smallest absolute Gasteiger partial charge is 0.251 e. The second-order valence-corrected chi connectivity index (χ2v) is 6.33. The van der Waals surface area contributed by atoms with E-state index in [1.165, 1.54) is 0 Å². The van der Waals surface area contributed by atoms with E-state index in [4.69, 9.17) is 9.47 Å². The van der Waals surface area contributed by atoms with Crippen LogP contribution in [-0.4, -0.2) is 31.7 Å². The lowest BCUT2D eigenvalue weighted by Gasteiger charge is -2.14. The van der Waals surface area contributed by atoms with Crippen LogP contribution in [0.15, 0.2) is 17.5 Å². The van der Waals surface area contributed by atoms with Crippen LogP contribution in [0.25, 0.3) is 0 Å². The Labute approximate surface area is 140 Å². The van der Waals surface area contributed by atoms with Gasteiger partial charge in [-0.15, -0.1) is 11.3 Å². The molecule has 1 atom stereocenters. The highest BCUT2D eigenvalue weighted by Gasteiger charge is 2.15. The van der Waals surface area contributed by atoms with Crippen LogP contribution < -0.4 is 14.8 Å². The second kappa shape index (κ2) is 7.46. The van der Waals surface area contributed by atoms with Crippen molar-refractivity contribution < 1.29 is 14.3 Å². The number of rotatable bonds is 6. The fourth-order valence-electron chi connectivity index (χ4n) is 2.25. The molecule has 2 aromatic rings. The molecule has 1 N–H and O–H groups in total. The SMILES string of the molecule is COc1cc(C(=O)NCC(C)c2nc(C)cs2)cc(OC)c1C. The minimum atomic E-state index is -0.151. The Morgan fingerprint density at radius 2 is 1.87 bits per heavy atom. The van der Waals surface area contributed by atoms with E-state index in [0.717, 1.165) is 16.3 Å². The third-order valence-electron chi connectivity index (χ3n) is 3.64. The van der Waals surface area contributed by atoms with Gasteiger partial charge in [0.25, 0.3) is 5.91 Å². The van der Waals surface area contributed by atoms with Gasteiger partial charge >= 0.3 is 0 Å². The Morgan fingerprint density at radius 3 is 2.35 bits per heavy atom. The van der Waals surface area contributed by atoms with Crippen molar-refractivity contribution in [3.05, 3.63) is 39.3 Å². The zero-order valence-corrected chi connectivity index (χ0v) is 14.9. The van der Waals surface area contributed by atoms with Gasteiger partial charge in [-0.2, -0.15) is 0 Å². The van der Waals surface area contributed by atoms with Crippen LogP contribution in [0.1, 0.15) is 39.5 Å². The molecule has 0 aliphatic carbocycles. The topological polar surface area (TPSA) is 60.5 Å². The van der Waals surface area contributed by atoms with Crippen molar-refractivity contribution in [2.24, 2.45) is 0 Å². The van der Waals surface area contributed by atoms with E-state index in [2.05, 4.69) is 17.2 Å². The van der Waals surface area contributed by atoms with E-state index in [-0.39, 0.29) is 11.8 Å². The highest BCUT2D eigenvalue weighted by Crippen LogP contribution is 2.29. The molecule has 124 valence electrons. The molecule has 2 rings (SSSR count). The number of aromatic nitrogens is 1. The molecule has 0 aliphatic rings. The molecule has 0 saturated carbocycles. The summed E-state index contributed by atoms with van der Waals surface area (Å²) in [5, 5.41) is 5.99. The summed E-state index contributed by atoms with van der Waals surface area (Å²) in [5.41, 5.74) is 2.40. The molecule has 0 aliphatic heterocycles. The van der Waals surface area contributed by atoms with Crippen molar-refractivity contribution in [3.8, 4) is 11.5 Å². The number of amides is 1. The van der Waals surface area contributed by atoms with Crippen molar-refractivity contribution in [2.75, 3.05) is 20.8 Å². The van der Waals surface area contributed by atoms with E-state index < -0.39 is 0 Å². The summed E-state index contributed by atoms with van der Waals surface area (Å²) >= 11 is 1.62. The fraction of sp³-hybridized carbons (Fsp3) is 0.412. The standard InChI is InChI=1S/C17H22N2O3S/c1-10(17-19-11(2)9-23-17)8-18-16(20)13-6-14(21-4)12(3)15(7-13)22-5/h6-7,9-10H,8H2,1-5H3,(H,18,20). The average Bonchev–Trinajstić information content (AvgIpc) is 2.99. The van der Waals surface area contributed by atoms with Crippen molar-refractivity contribution >= 4 is 17.2 Å². The zero-order chi connectivity index (χ0) is 17.0. The lowest BCUT2D eigenvalue weighted by atomic mass is 10.1. The first-order chi connectivity index (χ1) is 11.0. The predicted molar refractivity (Wildman–Crippen MR) is 91.9 cm³/mol. The highest BCUT2D eigenvalue weighted by molar-refractivity contribution is 7.09. The molecule has 0 spiro atoms. The molecule has 0 fully saturated rings. The molecule has 1 amide bonds. The van der Waals surface area contributed by atoms with Crippen LogP contribution in [0, 0.1) is 13.8 Å². The van der Waals surface area contributed by atoms with Crippen LogP contribution in [0.4, 0.5) is 0 Å². The number of hydrogen-bond acceptors (Lipinski definition) is 5. The quantitative estimate of drug-likeness (QED) is 0.880. The first kappa shape index (κ1) is 17.3. The zero-order valence-electron chi connectivity index (χ0n) is 14.1. The van der Waals surface area contributed by atoms with Gasteiger partial charge in [0, 0.05) is 34.7 Å². The molecule has 0 radical (unpaired) electrons. The lowest BCUT2D eigenvalue weighted by molar-refractivity contribution is 0.0951. The summed E-state index contributed by atoms with van der Waals surface area (Å²) in [6.45, 7) is 6.45. The Bertz CT molecular complexity index is 672. The number of carbonyl (C=O) groups excluding carboxylic acids is 1. The van der Waals surface area contributed by atoms with Gasteiger partial charge in [0.2, 0.25) is 0 Å². The van der Waals surface area contributed by atoms with E-state index in [9.17, 15) is 4.79 Å². The number of benzene rings is 1. The molecule has 1 aromatic carbocycles. The minimum Gasteiger partial charge on any atom is -0.496 e. The number of thiazole rings is 1. The van der Waals surface area contributed by atoms with Crippen molar-refractivity contribution in [1.82, 2.24) is 10.3 Å². The summed E-state index contributed by atoms with van der Waals surface area (Å²) in [7, 11) is 3.16. The number of nitrogens with zero attached hydrogens (tertiary/aromatic N) is 1. The molecule has 0 saturated heterocycles. The van der Waals surface area contributed by atoms with E-state index >= 15 is 0 Å². The summed E-state index contributed by atoms with van der Waals surface area (Å²) in [5.74, 6) is 1.30. The van der Waals surface area contributed by atoms with Crippen LogP contribution in [0.5, 0.6) is 11.5 Å². The predicted octanol–water partition coefficient (Wildman–Crippen LogP) is 3.31. The molecule has 6 heteroatoms. The van der Waals surface area contributed by atoms with Crippen molar-refractivity contribution in [2.45, 2.75) is 26.7 Å². The van der Waals surface area contributed by atoms with Gasteiger partial charge < -0.3 is 14.8 Å². The summed E-state index contributed by atoms with van der Waals surface area (Å²) in [4.78, 5) is 16.8. The number of carbonyl (C=O) groups is 1. The molecule has 1 aromatic heterocycles. The fourth-order valence-corrected chi connectivity index (χ4v) is 3.11. The first-order valence-corrected chi connectivity index (χ1v) is 8.27. The van der Waals surface area contributed by atoms with E-state index in [0.29, 0.717) is 23.6 Å². The highest BCUT2D eigenvalue weighted by atomic mass is 32.1. The Kier molecular flexibility index (Phi) is 5.60. The Balaban J connectivity index is 2.08. The Morgan fingerprint density at radius 1 is 1.26 bits per heavy atom. The van der Waals surface area contributed by atoms with Gasteiger partial charge in [0.05, 0.1) is 19.2 Å². The Hall–Kier alpha value is -2.08. The van der Waals surface area contributed by atoms with Gasteiger partial charge in [-0.25, -0.2) is 4.98 Å². The van der Waals surface area contributed by atoms with Gasteiger partial charge in [0.15, 0.2) is 0 Å². The largest absolute Gasteiger partial charge is 0.496 e. The molecular weight excluding hydrogens is 312 g/mol. The number of hydrogen-bond donors (Lipinski definition) is 1. The maximum Gasteiger partial charge on any atom is 0.251 e. The molecule has 1 unspecified atom stereocenters. The van der Waals surface area contributed by atoms with Crippen LogP contribution in [0.3, 0.4) is 0 Å². The molecule has 0 bridgehead atoms. The maximum atomic E-state index is 12.4. The number of methoxy groups -OCH3 is 2. The lowest BCUT2D eigenvalue weighted by Crippen LogP contribution is -2.27. The minimum absolute atomic E-state index is 0.151. The van der Waals surface area contributed by atoms with Crippen molar-refractivity contribution in [1.29, 1.82) is 0 Å². The summed E-state index contributed by atoms with van der Waals surface area (Å²) in [6, 6.07) is 3.46. The van der Waals surface area contributed by atoms with Gasteiger partial charge in [-0.05, 0) is 26.0 Å². The van der Waals surface area contributed by atoms with Crippen LogP contribution in [0.2, 0.25) is 0 Å². The van der Waals surface area contributed by atoms with Crippen molar-refractivity contribution in [3.63, 3.8) is 0 Å². The third-order valence-corrected chi connectivity index (χ3v) is 4.84. The molecule has 1 heterocycles. The van der Waals surface area contributed by atoms with E-state index in [1.807, 2.05) is 19.2 Å². The summed E-state index contributed by atoms with van der Waals surface area (Å²) in [6.07, 6.45) is 0. The number of ether oxygens (including phenoxy) is 2. The summed E-state index contributed by atoms with van der Waals surface area (Å²) < 4.78 is 10.6. The average molecular weight is 334 g/mol. The van der Waals surface area contributed by atoms with Gasteiger partial charge in [0.1, 0.15) is 11.5 Å². The maximum absolute atomic E-state index is 12.4. The van der Waals surface area contributed by atoms with Crippen LogP contribution in [-0.2, 0) is 0 Å². The molecule has 5 nitrogen and oxygen atoms in total. The van der Waals surface area contributed by atoms with Crippen LogP contribution >= 0.6 is 11.3 Å². The van der Waals surface area contributed by atoms with Gasteiger partial charge in [-0.3, -0.25) is 4.79 Å². The normalized spacial score (nSPS) is 11.9. The van der Waals surface area contributed by atoms with E-state index in [1.54, 1.807) is 37.7 Å². The van der Waals surface area contributed by atoms with Gasteiger partial charge in [-0.1, -0.05) is 6.92 Å². The second-order valence-electron chi connectivity index (χ2n) is 5.44. The molecular formula is C17H22N2O3S. The monoisotopic (exact) mass is 334 g/mol. The number of aryl methyl sites for hydroxylation is 1. The number of nitrogens with one attached hydrogen (secondary N) is 1. The first-order valence-electron chi connectivity index (χ1n) is 7.39. The molecule has 23 heavy (non-hydrogen) atoms. The third kappa shape index (κ3) is 4.01.